The first-order chi connectivity index (χ1) is 13.3. The molecular weight excluding hydrogens is 354 g/mol. The predicted octanol–water partition coefficient (Wildman–Crippen LogP) is 3.66. The third-order valence-electron chi connectivity index (χ3n) is 5.02. The van der Waals surface area contributed by atoms with Gasteiger partial charge in [0.1, 0.15) is 12.4 Å². The highest BCUT2D eigenvalue weighted by atomic mass is 32.2. The van der Waals surface area contributed by atoms with Gasteiger partial charge in [-0.25, -0.2) is 9.98 Å². The second kappa shape index (κ2) is 10.4. The average molecular weight is 386 g/mol. The van der Waals surface area contributed by atoms with E-state index in [1.807, 2.05) is 30.2 Å². The van der Waals surface area contributed by atoms with Gasteiger partial charge >= 0.3 is 0 Å². The predicted molar refractivity (Wildman–Crippen MR) is 115 cm³/mol. The van der Waals surface area contributed by atoms with E-state index in [0.29, 0.717) is 12.6 Å². The van der Waals surface area contributed by atoms with Crippen molar-refractivity contribution in [1.29, 1.82) is 0 Å². The summed E-state index contributed by atoms with van der Waals surface area (Å²) in [6.45, 7) is 4.38. The summed E-state index contributed by atoms with van der Waals surface area (Å²) >= 11 is 1.99. The molecule has 1 saturated carbocycles. The van der Waals surface area contributed by atoms with E-state index < -0.39 is 0 Å². The number of thioether (sulfide) groups is 1. The Morgan fingerprint density at radius 1 is 1.30 bits per heavy atom. The summed E-state index contributed by atoms with van der Waals surface area (Å²) in [6.07, 6.45) is 11.2. The number of hydrogen-bond donors (Lipinski definition) is 2. The number of guanidine groups is 1. The molecular formula is C21H31N5S. The topological polar surface area (TPSA) is 54.2 Å². The minimum absolute atomic E-state index is 0.512. The number of nitrogens with one attached hydrogen (secondary N) is 2. The van der Waals surface area contributed by atoms with E-state index in [1.54, 1.807) is 0 Å². The molecule has 0 amide bonds. The minimum Gasteiger partial charge on any atom is -0.357 e. The van der Waals surface area contributed by atoms with Gasteiger partial charge < -0.3 is 15.2 Å². The molecule has 1 heterocycles. The van der Waals surface area contributed by atoms with Crippen LogP contribution in [-0.4, -0.2) is 39.6 Å². The SMILES string of the molecule is CCNC(=NCc1nccn1Cc1ccccc1)NC1CCCC(SC)C1. The van der Waals surface area contributed by atoms with Gasteiger partial charge in [-0.1, -0.05) is 36.8 Å². The Kier molecular flexibility index (Phi) is 7.63. The largest absolute Gasteiger partial charge is 0.357 e. The first kappa shape index (κ1) is 19.8. The maximum atomic E-state index is 4.81. The molecule has 6 heteroatoms. The Morgan fingerprint density at radius 3 is 2.93 bits per heavy atom. The van der Waals surface area contributed by atoms with Crippen molar-refractivity contribution in [2.45, 2.75) is 57.0 Å². The van der Waals surface area contributed by atoms with E-state index >= 15 is 0 Å². The lowest BCUT2D eigenvalue weighted by Crippen LogP contribution is -2.45. The Labute approximate surface area is 167 Å². The van der Waals surface area contributed by atoms with E-state index in [-0.39, 0.29) is 0 Å². The van der Waals surface area contributed by atoms with Gasteiger partial charge in [-0.05, 0) is 38.0 Å². The minimum atomic E-state index is 0.512. The lowest BCUT2D eigenvalue weighted by molar-refractivity contribution is 0.419. The standard InChI is InChI=1S/C21H31N5S/c1-3-22-21(25-18-10-7-11-19(14-18)27-2)24-15-20-23-12-13-26(20)16-17-8-5-4-6-9-17/h4-6,8-9,12-13,18-19H,3,7,10-11,14-16H2,1-2H3,(H2,22,24,25). The van der Waals surface area contributed by atoms with Crippen molar-refractivity contribution in [2.24, 2.45) is 4.99 Å². The number of benzene rings is 1. The Balaban J connectivity index is 1.62. The van der Waals surface area contributed by atoms with Crippen molar-refractivity contribution in [3.05, 3.63) is 54.1 Å². The molecule has 2 N–H and O–H groups in total. The van der Waals surface area contributed by atoms with Crippen molar-refractivity contribution >= 4 is 17.7 Å². The summed E-state index contributed by atoms with van der Waals surface area (Å²) in [5.74, 6) is 1.89. The van der Waals surface area contributed by atoms with Crippen molar-refractivity contribution in [2.75, 3.05) is 12.8 Å². The van der Waals surface area contributed by atoms with Crippen molar-refractivity contribution in [3.63, 3.8) is 0 Å². The lowest BCUT2D eigenvalue weighted by atomic mass is 9.95. The van der Waals surface area contributed by atoms with E-state index in [1.165, 1.54) is 31.2 Å². The maximum absolute atomic E-state index is 4.81. The Bertz CT molecular complexity index is 712. The highest BCUT2D eigenvalue weighted by molar-refractivity contribution is 7.99. The first-order valence-electron chi connectivity index (χ1n) is 9.90. The van der Waals surface area contributed by atoms with Crippen molar-refractivity contribution in [1.82, 2.24) is 20.2 Å². The van der Waals surface area contributed by atoms with Crippen LogP contribution >= 0.6 is 11.8 Å². The zero-order chi connectivity index (χ0) is 18.9. The van der Waals surface area contributed by atoms with Gasteiger partial charge in [0.15, 0.2) is 5.96 Å². The molecule has 27 heavy (non-hydrogen) atoms. The smallest absolute Gasteiger partial charge is 0.191 e. The quantitative estimate of drug-likeness (QED) is 0.564. The van der Waals surface area contributed by atoms with E-state index in [9.17, 15) is 0 Å². The molecule has 2 atom stereocenters. The normalized spacial score (nSPS) is 20.4. The van der Waals surface area contributed by atoms with Crippen LogP contribution in [0.3, 0.4) is 0 Å². The zero-order valence-corrected chi connectivity index (χ0v) is 17.2. The molecule has 0 bridgehead atoms. The van der Waals surface area contributed by atoms with Crippen LogP contribution in [0.2, 0.25) is 0 Å². The average Bonchev–Trinajstić information content (AvgIpc) is 3.14. The van der Waals surface area contributed by atoms with Crippen LogP contribution in [-0.2, 0) is 13.1 Å². The number of aliphatic imine (C=N–C) groups is 1. The third kappa shape index (κ3) is 6.03. The first-order valence-corrected chi connectivity index (χ1v) is 11.2. The summed E-state index contributed by atoms with van der Waals surface area (Å²) in [5, 5.41) is 7.80. The number of hydrogen-bond acceptors (Lipinski definition) is 3. The molecule has 146 valence electrons. The lowest BCUT2D eigenvalue weighted by Gasteiger charge is -2.29. The highest BCUT2D eigenvalue weighted by Gasteiger charge is 2.21. The summed E-state index contributed by atoms with van der Waals surface area (Å²) in [7, 11) is 0. The molecule has 0 radical (unpaired) electrons. The number of imidazole rings is 1. The molecule has 1 aromatic heterocycles. The fraction of sp³-hybridized carbons (Fsp3) is 0.524. The molecule has 0 spiro atoms. The van der Waals surface area contributed by atoms with Crippen LogP contribution in [0.25, 0.3) is 0 Å². The van der Waals surface area contributed by atoms with Crippen molar-refractivity contribution in [3.8, 4) is 0 Å². The maximum Gasteiger partial charge on any atom is 0.191 e. The molecule has 0 saturated heterocycles. The third-order valence-corrected chi connectivity index (χ3v) is 6.12. The zero-order valence-electron chi connectivity index (χ0n) is 16.4. The van der Waals surface area contributed by atoms with Crippen LogP contribution in [0.4, 0.5) is 0 Å². The van der Waals surface area contributed by atoms with Crippen LogP contribution in [0.1, 0.15) is 44.0 Å². The summed E-state index contributed by atoms with van der Waals surface area (Å²) in [4.78, 5) is 9.32. The second-order valence-corrected chi connectivity index (χ2v) is 8.16. The number of aromatic nitrogens is 2. The van der Waals surface area contributed by atoms with Gasteiger partial charge in [0.25, 0.3) is 0 Å². The Hall–Kier alpha value is -1.95. The van der Waals surface area contributed by atoms with Gasteiger partial charge in [-0.15, -0.1) is 0 Å². The molecule has 2 unspecified atom stereocenters. The van der Waals surface area contributed by atoms with Gasteiger partial charge in [-0.2, -0.15) is 11.8 Å². The molecule has 5 nitrogen and oxygen atoms in total. The van der Waals surface area contributed by atoms with Crippen molar-refractivity contribution < 1.29 is 0 Å². The van der Waals surface area contributed by atoms with E-state index in [0.717, 1.165) is 30.1 Å². The van der Waals surface area contributed by atoms with Gasteiger partial charge in [0.05, 0.1) is 0 Å². The van der Waals surface area contributed by atoms with E-state index in [4.69, 9.17) is 4.99 Å². The van der Waals surface area contributed by atoms with Crippen LogP contribution in [0.15, 0.2) is 47.7 Å². The molecule has 3 rings (SSSR count). The monoisotopic (exact) mass is 385 g/mol. The highest BCUT2D eigenvalue weighted by Crippen LogP contribution is 2.26. The molecule has 1 aliphatic rings. The summed E-state index contributed by atoms with van der Waals surface area (Å²) in [6, 6.07) is 11.0. The fourth-order valence-corrected chi connectivity index (χ4v) is 4.40. The molecule has 1 fully saturated rings. The van der Waals surface area contributed by atoms with Gasteiger partial charge in [-0.3, -0.25) is 0 Å². The Morgan fingerprint density at radius 2 is 2.15 bits per heavy atom. The number of rotatable bonds is 7. The molecule has 2 aromatic rings. The number of nitrogens with zero attached hydrogens (tertiary/aromatic N) is 3. The van der Waals surface area contributed by atoms with E-state index in [2.05, 4.69) is 57.6 Å². The van der Waals surface area contributed by atoms with Crippen LogP contribution in [0.5, 0.6) is 0 Å². The summed E-state index contributed by atoms with van der Waals surface area (Å²) < 4.78 is 2.17. The molecule has 1 aromatic carbocycles. The van der Waals surface area contributed by atoms with Crippen LogP contribution in [0, 0.1) is 0 Å². The van der Waals surface area contributed by atoms with Crippen LogP contribution < -0.4 is 10.6 Å². The van der Waals surface area contributed by atoms with Gasteiger partial charge in [0, 0.05) is 36.8 Å². The fourth-order valence-electron chi connectivity index (χ4n) is 3.57. The summed E-state index contributed by atoms with van der Waals surface area (Å²) in [5.41, 5.74) is 1.27. The van der Waals surface area contributed by atoms with Gasteiger partial charge in [0.2, 0.25) is 0 Å². The molecule has 0 aliphatic heterocycles. The molecule has 1 aliphatic carbocycles. The second-order valence-electron chi connectivity index (χ2n) is 7.02.